The third-order valence-corrected chi connectivity index (χ3v) is 5.84. The second-order valence-corrected chi connectivity index (χ2v) is 8.23. The molecular weight excluding hydrogens is 348 g/mol. The molecule has 138 valence electrons. The number of hydrogen-bond donors (Lipinski definition) is 0. The van der Waals surface area contributed by atoms with Crippen molar-refractivity contribution in [1.29, 1.82) is 5.26 Å². The summed E-state index contributed by atoms with van der Waals surface area (Å²) in [6, 6.07) is 18.7. The monoisotopic (exact) mass is 374 g/mol. The number of aromatic nitrogens is 1. The van der Waals surface area contributed by atoms with Crippen LogP contribution in [-0.2, 0) is 12.8 Å². The molecule has 0 aliphatic carbocycles. The van der Waals surface area contributed by atoms with E-state index in [0.29, 0.717) is 0 Å². The Morgan fingerprint density at radius 3 is 2.52 bits per heavy atom. The average molecular weight is 375 g/mol. The van der Waals surface area contributed by atoms with E-state index >= 15 is 0 Å². The molecular formula is C24H26N2S. The fourth-order valence-corrected chi connectivity index (χ4v) is 4.40. The zero-order valence-electron chi connectivity index (χ0n) is 16.2. The van der Waals surface area contributed by atoms with Gasteiger partial charge in [-0.3, -0.25) is 0 Å². The molecule has 1 aromatic heterocycles. The largest absolute Gasteiger partial charge is 0.246 e. The van der Waals surface area contributed by atoms with E-state index in [1.54, 1.807) is 0 Å². The van der Waals surface area contributed by atoms with E-state index in [0.717, 1.165) is 34.5 Å². The number of hydrogen-bond acceptors (Lipinski definition) is 3. The molecule has 3 rings (SSSR count). The van der Waals surface area contributed by atoms with Crippen molar-refractivity contribution >= 4 is 11.3 Å². The summed E-state index contributed by atoms with van der Waals surface area (Å²) in [4.78, 5) is 6.17. The highest BCUT2D eigenvalue weighted by atomic mass is 32.1. The van der Waals surface area contributed by atoms with E-state index in [1.807, 2.05) is 35.6 Å². The first-order valence-electron chi connectivity index (χ1n) is 9.75. The van der Waals surface area contributed by atoms with Crippen molar-refractivity contribution in [2.45, 2.75) is 52.4 Å². The van der Waals surface area contributed by atoms with Gasteiger partial charge in [0.1, 0.15) is 0 Å². The average Bonchev–Trinajstić information content (AvgIpc) is 3.05. The highest BCUT2D eigenvalue weighted by molar-refractivity contribution is 7.11. The first kappa shape index (κ1) is 19.3. The topological polar surface area (TPSA) is 36.7 Å². The SMILES string of the molecule is CCCCCCc1nc(C)sc1Cc1ccc(-c2ccccc2C#N)cc1. The van der Waals surface area contributed by atoms with E-state index in [1.165, 1.54) is 41.8 Å². The molecule has 0 saturated heterocycles. The van der Waals surface area contributed by atoms with Crippen LogP contribution in [0.1, 0.15) is 59.3 Å². The van der Waals surface area contributed by atoms with Gasteiger partial charge in [-0.2, -0.15) is 5.26 Å². The Morgan fingerprint density at radius 1 is 1.00 bits per heavy atom. The molecule has 0 aliphatic rings. The minimum atomic E-state index is 0.720. The third kappa shape index (κ3) is 5.05. The summed E-state index contributed by atoms with van der Waals surface area (Å²) >= 11 is 1.83. The number of nitrogens with zero attached hydrogens (tertiary/aromatic N) is 2. The molecule has 0 unspecified atom stereocenters. The molecule has 0 amide bonds. The van der Waals surface area contributed by atoms with Crippen molar-refractivity contribution in [3.8, 4) is 17.2 Å². The fourth-order valence-electron chi connectivity index (χ4n) is 3.38. The van der Waals surface area contributed by atoms with E-state index in [9.17, 15) is 5.26 Å². The zero-order chi connectivity index (χ0) is 19.1. The van der Waals surface area contributed by atoms with E-state index in [2.05, 4.69) is 44.2 Å². The zero-order valence-corrected chi connectivity index (χ0v) is 17.0. The number of rotatable bonds is 8. The smallest absolute Gasteiger partial charge is 0.0998 e. The summed E-state index contributed by atoms with van der Waals surface area (Å²) in [5.41, 5.74) is 5.39. The minimum absolute atomic E-state index is 0.720. The molecule has 0 N–H and O–H groups in total. The minimum Gasteiger partial charge on any atom is -0.246 e. The van der Waals surface area contributed by atoms with Gasteiger partial charge in [0.2, 0.25) is 0 Å². The number of benzene rings is 2. The molecule has 3 heteroatoms. The van der Waals surface area contributed by atoms with Crippen LogP contribution in [0.25, 0.3) is 11.1 Å². The van der Waals surface area contributed by atoms with Crippen molar-refractivity contribution in [2.24, 2.45) is 0 Å². The lowest BCUT2D eigenvalue weighted by Crippen LogP contribution is -1.94. The Morgan fingerprint density at radius 2 is 1.78 bits per heavy atom. The second kappa shape index (κ2) is 9.48. The highest BCUT2D eigenvalue weighted by Crippen LogP contribution is 2.27. The first-order chi connectivity index (χ1) is 13.2. The van der Waals surface area contributed by atoms with Gasteiger partial charge >= 0.3 is 0 Å². The maximum Gasteiger partial charge on any atom is 0.0998 e. The molecule has 27 heavy (non-hydrogen) atoms. The van der Waals surface area contributed by atoms with E-state index < -0.39 is 0 Å². The molecule has 0 fully saturated rings. The summed E-state index contributed by atoms with van der Waals surface area (Å²) in [5, 5.41) is 10.5. The van der Waals surface area contributed by atoms with Crippen LogP contribution in [0, 0.1) is 18.3 Å². The van der Waals surface area contributed by atoms with Crippen LogP contribution in [0.5, 0.6) is 0 Å². The van der Waals surface area contributed by atoms with Crippen LogP contribution in [0.15, 0.2) is 48.5 Å². The number of nitriles is 1. The van der Waals surface area contributed by atoms with E-state index in [-0.39, 0.29) is 0 Å². The summed E-state index contributed by atoms with van der Waals surface area (Å²) in [6.45, 7) is 4.35. The maximum absolute atomic E-state index is 9.31. The normalized spacial score (nSPS) is 10.7. The van der Waals surface area contributed by atoms with Gasteiger partial charge in [-0.1, -0.05) is 68.7 Å². The van der Waals surface area contributed by atoms with Crippen molar-refractivity contribution < 1.29 is 0 Å². The predicted molar refractivity (Wildman–Crippen MR) is 114 cm³/mol. The third-order valence-electron chi connectivity index (χ3n) is 4.83. The molecule has 2 nitrogen and oxygen atoms in total. The lowest BCUT2D eigenvalue weighted by Gasteiger charge is -2.07. The van der Waals surface area contributed by atoms with E-state index in [4.69, 9.17) is 4.98 Å². The summed E-state index contributed by atoms with van der Waals surface area (Å²) in [7, 11) is 0. The Hall–Kier alpha value is -2.44. The predicted octanol–water partition coefficient (Wildman–Crippen LogP) is 6.70. The Balaban J connectivity index is 1.73. The van der Waals surface area contributed by atoms with Gasteiger partial charge in [-0.25, -0.2) is 4.98 Å². The Kier molecular flexibility index (Phi) is 6.79. The van der Waals surface area contributed by atoms with Gasteiger partial charge in [0.15, 0.2) is 0 Å². The van der Waals surface area contributed by atoms with Crippen LogP contribution in [0.3, 0.4) is 0 Å². The molecule has 0 radical (unpaired) electrons. The number of thiazole rings is 1. The number of aryl methyl sites for hydroxylation is 2. The molecule has 3 aromatic rings. The molecule has 0 saturated carbocycles. The van der Waals surface area contributed by atoms with Crippen molar-refractivity contribution in [2.75, 3.05) is 0 Å². The second-order valence-electron chi connectivity index (χ2n) is 6.94. The summed E-state index contributed by atoms with van der Waals surface area (Å²) in [5.74, 6) is 0. The van der Waals surface area contributed by atoms with Crippen LogP contribution in [0.2, 0.25) is 0 Å². The van der Waals surface area contributed by atoms with Crippen LogP contribution in [-0.4, -0.2) is 4.98 Å². The lowest BCUT2D eigenvalue weighted by molar-refractivity contribution is 0.660. The lowest BCUT2D eigenvalue weighted by atomic mass is 9.98. The van der Waals surface area contributed by atoms with Crippen molar-refractivity contribution in [3.05, 3.63) is 75.2 Å². The van der Waals surface area contributed by atoms with Gasteiger partial charge in [-0.15, -0.1) is 11.3 Å². The Labute approximate surface area is 166 Å². The van der Waals surface area contributed by atoms with Crippen LogP contribution < -0.4 is 0 Å². The van der Waals surface area contributed by atoms with Crippen molar-refractivity contribution in [1.82, 2.24) is 4.98 Å². The van der Waals surface area contributed by atoms with Gasteiger partial charge < -0.3 is 0 Å². The van der Waals surface area contributed by atoms with Gasteiger partial charge in [-0.05, 0) is 42.5 Å². The molecule has 0 bridgehead atoms. The maximum atomic E-state index is 9.31. The highest BCUT2D eigenvalue weighted by Gasteiger charge is 2.10. The number of unbranched alkanes of at least 4 members (excludes halogenated alkanes) is 3. The summed E-state index contributed by atoms with van der Waals surface area (Å²) < 4.78 is 0. The standard InChI is InChI=1S/C24H26N2S/c1-3-4-5-6-11-23-24(27-18(2)26-23)16-19-12-14-20(15-13-19)22-10-8-7-9-21(22)17-25/h7-10,12-15H,3-6,11,16H2,1-2H3. The molecule has 1 heterocycles. The van der Waals surface area contributed by atoms with Crippen LogP contribution in [0.4, 0.5) is 0 Å². The summed E-state index contributed by atoms with van der Waals surface area (Å²) in [6.07, 6.45) is 7.13. The Bertz CT molecular complexity index is 916. The molecule has 0 aliphatic heterocycles. The molecule has 0 atom stereocenters. The van der Waals surface area contributed by atoms with Crippen molar-refractivity contribution in [3.63, 3.8) is 0 Å². The molecule has 2 aromatic carbocycles. The van der Waals surface area contributed by atoms with Gasteiger partial charge in [0.25, 0.3) is 0 Å². The molecule has 0 spiro atoms. The van der Waals surface area contributed by atoms with Gasteiger partial charge in [0, 0.05) is 11.3 Å². The van der Waals surface area contributed by atoms with Crippen LogP contribution >= 0.6 is 11.3 Å². The van der Waals surface area contributed by atoms with Gasteiger partial charge in [0.05, 0.1) is 22.3 Å². The quantitative estimate of drug-likeness (QED) is 0.411. The first-order valence-corrected chi connectivity index (χ1v) is 10.6. The fraction of sp³-hybridized carbons (Fsp3) is 0.333.